The van der Waals surface area contributed by atoms with Gasteiger partial charge < -0.3 is 5.32 Å². The molecule has 0 radical (unpaired) electrons. The summed E-state index contributed by atoms with van der Waals surface area (Å²) >= 11 is 9.22. The number of carbonyl (C=O) groups is 1. The van der Waals surface area contributed by atoms with Gasteiger partial charge in [-0.15, -0.1) is 23.5 Å². The van der Waals surface area contributed by atoms with Crippen LogP contribution in [-0.4, -0.2) is 23.5 Å². The van der Waals surface area contributed by atoms with Crippen molar-refractivity contribution in [2.24, 2.45) is 0 Å². The maximum atomic E-state index is 12.3. The van der Waals surface area contributed by atoms with Crippen molar-refractivity contribution in [2.75, 3.05) is 12.3 Å². The average Bonchev–Trinajstić information content (AvgIpc) is 2.59. The van der Waals surface area contributed by atoms with Crippen LogP contribution in [0.15, 0.2) is 64.4 Å². The van der Waals surface area contributed by atoms with Crippen molar-refractivity contribution in [3.8, 4) is 0 Å². The zero-order chi connectivity index (χ0) is 16.5. The van der Waals surface area contributed by atoms with E-state index in [4.69, 9.17) is 11.6 Å². The van der Waals surface area contributed by atoms with Crippen LogP contribution in [0.25, 0.3) is 0 Å². The largest absolute Gasteiger partial charge is 0.354 e. The van der Waals surface area contributed by atoms with Gasteiger partial charge in [-0.05, 0) is 42.8 Å². The Morgan fingerprint density at radius 2 is 1.78 bits per heavy atom. The molecule has 23 heavy (non-hydrogen) atoms. The molecule has 0 aromatic heterocycles. The van der Waals surface area contributed by atoms with Gasteiger partial charge in [0.05, 0.1) is 5.25 Å². The second-order valence-electron chi connectivity index (χ2n) is 4.92. The van der Waals surface area contributed by atoms with Crippen LogP contribution in [0.5, 0.6) is 0 Å². The summed E-state index contributed by atoms with van der Waals surface area (Å²) in [6.07, 6.45) is 0.797. The Bertz CT molecular complexity index is 604. The van der Waals surface area contributed by atoms with E-state index in [0.29, 0.717) is 11.6 Å². The lowest BCUT2D eigenvalue weighted by Gasteiger charge is -2.14. The Kier molecular flexibility index (Phi) is 7.86. The number of thioether (sulfide) groups is 2. The van der Waals surface area contributed by atoms with Gasteiger partial charge in [0.15, 0.2) is 0 Å². The summed E-state index contributed by atoms with van der Waals surface area (Å²) in [6.45, 7) is 2.71. The Morgan fingerprint density at radius 3 is 2.43 bits per heavy atom. The lowest BCUT2D eigenvalue weighted by Crippen LogP contribution is -2.33. The first-order valence-electron chi connectivity index (χ1n) is 7.57. The number of halogens is 1. The van der Waals surface area contributed by atoms with Gasteiger partial charge in [-0.25, -0.2) is 0 Å². The van der Waals surface area contributed by atoms with E-state index >= 15 is 0 Å². The summed E-state index contributed by atoms with van der Waals surface area (Å²) in [5, 5.41) is 3.67. The molecule has 0 saturated carbocycles. The number of amides is 1. The van der Waals surface area contributed by atoms with Gasteiger partial charge in [0.2, 0.25) is 5.91 Å². The minimum Gasteiger partial charge on any atom is -0.354 e. The molecule has 2 rings (SSSR count). The third-order valence-electron chi connectivity index (χ3n) is 3.17. The lowest BCUT2D eigenvalue weighted by atomic mass is 10.3. The molecule has 1 N–H and O–H groups in total. The fraction of sp³-hybridized carbons (Fsp3) is 0.278. The van der Waals surface area contributed by atoms with Gasteiger partial charge in [0.25, 0.3) is 0 Å². The molecule has 0 unspecified atom stereocenters. The maximum Gasteiger partial charge on any atom is 0.233 e. The molecule has 2 nitrogen and oxygen atoms in total. The summed E-state index contributed by atoms with van der Waals surface area (Å²) in [5.41, 5.74) is 0. The predicted octanol–water partition coefficient (Wildman–Crippen LogP) is 5.12. The SMILES string of the molecule is CC[C@H](Sc1ccc(Cl)cc1)C(=O)NCCSc1ccccc1. The van der Waals surface area contributed by atoms with E-state index in [9.17, 15) is 4.79 Å². The van der Waals surface area contributed by atoms with E-state index in [-0.39, 0.29) is 11.2 Å². The van der Waals surface area contributed by atoms with Crippen LogP contribution in [0.1, 0.15) is 13.3 Å². The van der Waals surface area contributed by atoms with Gasteiger partial charge in [0, 0.05) is 27.1 Å². The molecule has 122 valence electrons. The number of hydrogen-bond donors (Lipinski definition) is 1. The van der Waals surface area contributed by atoms with Crippen LogP contribution >= 0.6 is 35.1 Å². The second-order valence-corrected chi connectivity index (χ2v) is 7.80. The summed E-state index contributed by atoms with van der Waals surface area (Å²) < 4.78 is 0. The number of nitrogens with one attached hydrogen (secondary N) is 1. The van der Waals surface area contributed by atoms with Crippen LogP contribution in [0, 0.1) is 0 Å². The number of carbonyl (C=O) groups excluding carboxylic acids is 1. The number of hydrogen-bond acceptors (Lipinski definition) is 3. The number of benzene rings is 2. The van der Waals surface area contributed by atoms with Crippen molar-refractivity contribution in [1.82, 2.24) is 5.32 Å². The fourth-order valence-electron chi connectivity index (χ4n) is 1.97. The highest BCUT2D eigenvalue weighted by molar-refractivity contribution is 8.00. The summed E-state index contributed by atoms with van der Waals surface area (Å²) in [6, 6.07) is 17.8. The van der Waals surface area contributed by atoms with Crippen molar-refractivity contribution in [3.63, 3.8) is 0 Å². The molecule has 0 aliphatic carbocycles. The highest BCUT2D eigenvalue weighted by Crippen LogP contribution is 2.26. The molecule has 1 amide bonds. The third-order valence-corrected chi connectivity index (χ3v) is 5.81. The third kappa shape index (κ3) is 6.50. The van der Waals surface area contributed by atoms with Crippen molar-refractivity contribution in [2.45, 2.75) is 28.4 Å². The minimum atomic E-state index is -0.0714. The van der Waals surface area contributed by atoms with E-state index < -0.39 is 0 Å². The van der Waals surface area contributed by atoms with Crippen LogP contribution in [0.3, 0.4) is 0 Å². The van der Waals surface area contributed by atoms with Crippen molar-refractivity contribution < 1.29 is 4.79 Å². The molecule has 1 atom stereocenters. The van der Waals surface area contributed by atoms with Gasteiger partial charge in [-0.1, -0.05) is 36.7 Å². The van der Waals surface area contributed by atoms with E-state index in [1.165, 1.54) is 4.90 Å². The first-order chi connectivity index (χ1) is 11.2. The molecule has 0 fully saturated rings. The first kappa shape index (κ1) is 18.2. The quantitative estimate of drug-likeness (QED) is 0.520. The fourth-order valence-corrected chi connectivity index (χ4v) is 3.87. The van der Waals surface area contributed by atoms with Crippen LogP contribution in [-0.2, 0) is 4.79 Å². The lowest BCUT2D eigenvalue weighted by molar-refractivity contribution is -0.120. The Labute approximate surface area is 151 Å². The molecule has 0 aliphatic heterocycles. The molecule has 0 bridgehead atoms. The zero-order valence-corrected chi connectivity index (χ0v) is 15.4. The predicted molar refractivity (Wildman–Crippen MR) is 102 cm³/mol. The average molecular weight is 366 g/mol. The molecule has 0 heterocycles. The molecule has 2 aromatic carbocycles. The van der Waals surface area contributed by atoms with E-state index in [1.807, 2.05) is 49.4 Å². The molecule has 0 aliphatic rings. The normalized spacial score (nSPS) is 11.9. The Morgan fingerprint density at radius 1 is 1.09 bits per heavy atom. The minimum absolute atomic E-state index is 0.0714. The summed E-state index contributed by atoms with van der Waals surface area (Å²) in [7, 11) is 0. The topological polar surface area (TPSA) is 29.1 Å². The van der Waals surface area contributed by atoms with Crippen LogP contribution < -0.4 is 5.32 Å². The Balaban J connectivity index is 1.75. The second kappa shape index (κ2) is 9.91. The zero-order valence-electron chi connectivity index (χ0n) is 13.0. The molecular formula is C18H20ClNOS2. The van der Waals surface area contributed by atoms with Crippen molar-refractivity contribution >= 4 is 41.0 Å². The number of rotatable bonds is 8. The van der Waals surface area contributed by atoms with Crippen LogP contribution in [0.4, 0.5) is 0 Å². The van der Waals surface area contributed by atoms with Crippen molar-refractivity contribution in [1.29, 1.82) is 0 Å². The van der Waals surface area contributed by atoms with Gasteiger partial charge in [-0.2, -0.15) is 0 Å². The summed E-state index contributed by atoms with van der Waals surface area (Å²) in [5.74, 6) is 0.971. The van der Waals surface area contributed by atoms with Gasteiger partial charge in [-0.3, -0.25) is 4.79 Å². The monoisotopic (exact) mass is 365 g/mol. The van der Waals surface area contributed by atoms with E-state index in [0.717, 1.165) is 17.1 Å². The standard InChI is InChI=1S/C18H20ClNOS2/c1-2-17(23-16-10-8-14(19)9-11-16)18(21)20-12-13-22-15-6-4-3-5-7-15/h3-11,17H,2,12-13H2,1H3,(H,20,21)/t17-/m0/s1. The first-order valence-corrected chi connectivity index (χ1v) is 9.81. The van der Waals surface area contributed by atoms with Crippen LogP contribution in [0.2, 0.25) is 5.02 Å². The highest BCUT2D eigenvalue weighted by atomic mass is 35.5. The maximum absolute atomic E-state index is 12.3. The molecule has 0 spiro atoms. The molecule has 0 saturated heterocycles. The van der Waals surface area contributed by atoms with Crippen molar-refractivity contribution in [3.05, 3.63) is 59.6 Å². The smallest absolute Gasteiger partial charge is 0.233 e. The molecular weight excluding hydrogens is 346 g/mol. The van der Waals surface area contributed by atoms with E-state index in [1.54, 1.807) is 23.5 Å². The van der Waals surface area contributed by atoms with E-state index in [2.05, 4.69) is 17.4 Å². The van der Waals surface area contributed by atoms with Gasteiger partial charge in [0.1, 0.15) is 0 Å². The summed E-state index contributed by atoms with van der Waals surface area (Å²) in [4.78, 5) is 14.6. The highest BCUT2D eigenvalue weighted by Gasteiger charge is 2.17. The Hall–Kier alpha value is -1.10. The molecule has 5 heteroatoms. The molecule has 2 aromatic rings. The van der Waals surface area contributed by atoms with Gasteiger partial charge >= 0.3 is 0 Å².